The Morgan fingerprint density at radius 2 is 1.74 bits per heavy atom. The molecule has 0 aromatic heterocycles. The van der Waals surface area contributed by atoms with Crippen molar-refractivity contribution in [2.75, 3.05) is 32.8 Å². The van der Waals surface area contributed by atoms with E-state index >= 15 is 0 Å². The predicted molar refractivity (Wildman–Crippen MR) is 162 cm³/mol. The fraction of sp³-hybridized carbons (Fsp3) is 0.531. The number of halogens is 1. The summed E-state index contributed by atoms with van der Waals surface area (Å²) in [6.45, 7) is 8.66. The molecule has 0 atom stereocenters. The third-order valence-electron chi connectivity index (χ3n) is 7.25. The molecule has 1 aliphatic rings. The number of hydrogen-bond acceptors (Lipinski definition) is 7. The van der Waals surface area contributed by atoms with Gasteiger partial charge in [0.15, 0.2) is 0 Å². The van der Waals surface area contributed by atoms with E-state index in [2.05, 4.69) is 16.7 Å². The lowest BCUT2D eigenvalue weighted by Gasteiger charge is -2.41. The van der Waals surface area contributed by atoms with Gasteiger partial charge in [-0.15, -0.1) is 0 Å². The molecule has 3 rings (SSSR count). The monoisotopic (exact) mass is 601 g/mol. The van der Waals surface area contributed by atoms with Crippen LogP contribution in [0.5, 0.6) is 0 Å². The highest BCUT2D eigenvalue weighted by Gasteiger charge is 2.38. The second-order valence-corrected chi connectivity index (χ2v) is 12.1. The number of hydrogen-bond donors (Lipinski definition) is 2. The first-order valence-electron chi connectivity index (χ1n) is 14.6. The summed E-state index contributed by atoms with van der Waals surface area (Å²) < 4.78 is 16.0. The van der Waals surface area contributed by atoms with Crippen molar-refractivity contribution in [2.24, 2.45) is 0 Å². The molecule has 2 amide bonds. The van der Waals surface area contributed by atoms with Crippen LogP contribution in [0.3, 0.4) is 0 Å². The standard InChI is InChI=1S/C32H44ClN3O6/c1-5-40-28(37)21-36(30(39)41-22-24-10-7-6-8-11-24)19-18-34-27-14-16-32(17-15-27,25-12-9-13-26(33)20-25)23-35-29(38)42-31(2,3)4/h6-13,20,27,34H,5,14-19,21-23H2,1-4H3,(H,35,38)/t27-,32-. The van der Waals surface area contributed by atoms with Gasteiger partial charge in [0.25, 0.3) is 0 Å². The molecule has 1 saturated carbocycles. The molecular weight excluding hydrogens is 558 g/mol. The van der Waals surface area contributed by atoms with E-state index in [0.717, 1.165) is 36.8 Å². The molecule has 0 unspecified atom stereocenters. The minimum absolute atomic E-state index is 0.123. The number of amides is 2. The maximum atomic E-state index is 12.8. The Morgan fingerprint density at radius 1 is 1.02 bits per heavy atom. The van der Waals surface area contributed by atoms with Crippen molar-refractivity contribution in [2.45, 2.75) is 77.0 Å². The molecule has 0 saturated heterocycles. The van der Waals surface area contributed by atoms with Crippen LogP contribution >= 0.6 is 11.6 Å². The molecular formula is C32H44ClN3O6. The van der Waals surface area contributed by atoms with E-state index in [-0.39, 0.29) is 31.2 Å². The molecule has 10 heteroatoms. The average Bonchev–Trinajstić information content (AvgIpc) is 2.95. The van der Waals surface area contributed by atoms with E-state index in [1.54, 1.807) is 6.92 Å². The van der Waals surface area contributed by atoms with Gasteiger partial charge in [-0.25, -0.2) is 9.59 Å². The van der Waals surface area contributed by atoms with Gasteiger partial charge in [0.05, 0.1) is 6.61 Å². The zero-order valence-electron chi connectivity index (χ0n) is 25.1. The highest BCUT2D eigenvalue weighted by molar-refractivity contribution is 6.30. The quantitative estimate of drug-likeness (QED) is 0.233. The normalized spacial score (nSPS) is 18.5. The number of ether oxygens (including phenoxy) is 3. The van der Waals surface area contributed by atoms with Crippen LogP contribution in [-0.2, 0) is 31.0 Å². The average molecular weight is 602 g/mol. The molecule has 0 bridgehead atoms. The highest BCUT2D eigenvalue weighted by Crippen LogP contribution is 2.40. The molecule has 0 heterocycles. The summed E-state index contributed by atoms with van der Waals surface area (Å²) in [6, 6.07) is 17.4. The number of nitrogens with zero attached hydrogens (tertiary/aromatic N) is 1. The van der Waals surface area contributed by atoms with Crippen molar-refractivity contribution in [3.05, 3.63) is 70.7 Å². The van der Waals surface area contributed by atoms with Crippen LogP contribution < -0.4 is 10.6 Å². The van der Waals surface area contributed by atoms with Gasteiger partial charge >= 0.3 is 18.2 Å². The van der Waals surface area contributed by atoms with E-state index in [4.69, 9.17) is 25.8 Å². The fourth-order valence-corrected chi connectivity index (χ4v) is 5.32. The molecule has 2 N–H and O–H groups in total. The van der Waals surface area contributed by atoms with Crippen molar-refractivity contribution >= 4 is 29.8 Å². The number of esters is 1. The first-order chi connectivity index (χ1) is 20.0. The first kappa shape index (κ1) is 33.2. The van der Waals surface area contributed by atoms with Gasteiger partial charge < -0.3 is 24.8 Å². The molecule has 9 nitrogen and oxygen atoms in total. The van der Waals surface area contributed by atoms with Gasteiger partial charge in [-0.3, -0.25) is 9.69 Å². The minimum atomic E-state index is -0.579. The van der Waals surface area contributed by atoms with Gasteiger partial charge in [0, 0.05) is 36.1 Å². The van der Waals surface area contributed by atoms with E-state index in [0.29, 0.717) is 24.7 Å². The summed E-state index contributed by atoms with van der Waals surface area (Å²) in [6.07, 6.45) is 2.37. The lowest BCUT2D eigenvalue weighted by Crippen LogP contribution is -2.48. The topological polar surface area (TPSA) is 106 Å². The Balaban J connectivity index is 1.57. The van der Waals surface area contributed by atoms with Crippen LogP contribution in [0.25, 0.3) is 0 Å². The molecule has 0 radical (unpaired) electrons. The smallest absolute Gasteiger partial charge is 0.410 e. The summed E-state index contributed by atoms with van der Waals surface area (Å²) in [5.74, 6) is -0.476. The summed E-state index contributed by atoms with van der Waals surface area (Å²) in [4.78, 5) is 38.8. The summed E-state index contributed by atoms with van der Waals surface area (Å²) in [7, 11) is 0. The lowest BCUT2D eigenvalue weighted by molar-refractivity contribution is -0.144. The van der Waals surface area contributed by atoms with Gasteiger partial charge in [-0.05, 0) is 76.6 Å². The van der Waals surface area contributed by atoms with Crippen molar-refractivity contribution in [1.82, 2.24) is 15.5 Å². The largest absolute Gasteiger partial charge is 0.465 e. The third-order valence-corrected chi connectivity index (χ3v) is 7.49. The minimum Gasteiger partial charge on any atom is -0.465 e. The van der Waals surface area contributed by atoms with Gasteiger partial charge in [0.2, 0.25) is 0 Å². The van der Waals surface area contributed by atoms with E-state index in [9.17, 15) is 14.4 Å². The Hall–Kier alpha value is -3.30. The highest BCUT2D eigenvalue weighted by atomic mass is 35.5. The van der Waals surface area contributed by atoms with Gasteiger partial charge in [-0.2, -0.15) is 0 Å². The Kier molecular flexibility index (Phi) is 12.5. The number of rotatable bonds is 12. The number of alkyl carbamates (subject to hydrolysis) is 1. The molecule has 42 heavy (non-hydrogen) atoms. The second kappa shape index (κ2) is 15.8. The van der Waals surface area contributed by atoms with Gasteiger partial charge in [0.1, 0.15) is 18.8 Å². The van der Waals surface area contributed by atoms with Crippen LogP contribution in [0.1, 0.15) is 64.5 Å². The molecule has 2 aromatic rings. The van der Waals surface area contributed by atoms with Crippen molar-refractivity contribution < 1.29 is 28.6 Å². The second-order valence-electron chi connectivity index (χ2n) is 11.6. The zero-order valence-corrected chi connectivity index (χ0v) is 25.9. The molecule has 2 aromatic carbocycles. The molecule has 1 fully saturated rings. The molecule has 0 spiro atoms. The van der Waals surface area contributed by atoms with Crippen LogP contribution in [-0.4, -0.2) is 67.5 Å². The number of nitrogens with one attached hydrogen (secondary N) is 2. The SMILES string of the molecule is CCOC(=O)CN(CCN[C@H]1CC[C@](CNC(=O)OC(C)(C)C)(c2cccc(Cl)c2)CC1)C(=O)OCc1ccccc1. The van der Waals surface area contributed by atoms with Crippen LogP contribution in [0.2, 0.25) is 5.02 Å². The number of benzene rings is 2. The fourth-order valence-electron chi connectivity index (χ4n) is 5.13. The summed E-state index contributed by atoms with van der Waals surface area (Å²) in [5.41, 5.74) is 1.10. The Labute approximate surface area is 254 Å². The van der Waals surface area contributed by atoms with Crippen LogP contribution in [0, 0.1) is 0 Å². The zero-order chi connectivity index (χ0) is 30.6. The van der Waals surface area contributed by atoms with Crippen molar-refractivity contribution in [3.8, 4) is 0 Å². The van der Waals surface area contributed by atoms with E-state index in [1.807, 2.05) is 69.3 Å². The summed E-state index contributed by atoms with van der Waals surface area (Å²) in [5, 5.41) is 7.18. The van der Waals surface area contributed by atoms with Crippen LogP contribution in [0.15, 0.2) is 54.6 Å². The molecule has 230 valence electrons. The van der Waals surface area contributed by atoms with Crippen molar-refractivity contribution in [3.63, 3.8) is 0 Å². The maximum absolute atomic E-state index is 12.8. The van der Waals surface area contributed by atoms with E-state index in [1.165, 1.54) is 4.90 Å². The van der Waals surface area contributed by atoms with Crippen molar-refractivity contribution in [1.29, 1.82) is 0 Å². The first-order valence-corrected chi connectivity index (χ1v) is 14.9. The summed E-state index contributed by atoms with van der Waals surface area (Å²) >= 11 is 6.34. The molecule has 1 aliphatic carbocycles. The maximum Gasteiger partial charge on any atom is 0.410 e. The lowest BCUT2D eigenvalue weighted by atomic mass is 9.68. The third kappa shape index (κ3) is 10.8. The Morgan fingerprint density at radius 3 is 2.38 bits per heavy atom. The number of carbonyl (C=O) groups excluding carboxylic acids is 3. The van der Waals surface area contributed by atoms with Gasteiger partial charge in [-0.1, -0.05) is 54.1 Å². The molecule has 0 aliphatic heterocycles. The number of carbonyl (C=O) groups is 3. The predicted octanol–water partition coefficient (Wildman–Crippen LogP) is 5.84. The van der Waals surface area contributed by atoms with E-state index < -0.39 is 23.8 Å². The van der Waals surface area contributed by atoms with Crippen LogP contribution in [0.4, 0.5) is 9.59 Å². The Bertz CT molecular complexity index is 1160.